The molecule has 1 aromatic carbocycles. The van der Waals surface area contributed by atoms with Gasteiger partial charge in [-0.05, 0) is 43.5 Å². The topological polar surface area (TPSA) is 63.5 Å². The number of rotatable bonds is 7. The third-order valence-corrected chi connectivity index (χ3v) is 7.99. The molecule has 2 aliphatic rings. The van der Waals surface area contributed by atoms with Gasteiger partial charge in [-0.25, -0.2) is 9.97 Å². The molecule has 4 heterocycles. The zero-order valence-electron chi connectivity index (χ0n) is 20.8. The number of likely N-dealkylation sites (tertiary alicyclic amines) is 1. The lowest BCUT2D eigenvalue weighted by Gasteiger charge is -2.33. The summed E-state index contributed by atoms with van der Waals surface area (Å²) in [5.74, 6) is 1.46. The Labute approximate surface area is 211 Å². The van der Waals surface area contributed by atoms with Crippen molar-refractivity contribution < 1.29 is 9.53 Å². The molecule has 2 fully saturated rings. The van der Waals surface area contributed by atoms with E-state index < -0.39 is 0 Å². The lowest BCUT2D eigenvalue weighted by atomic mass is 9.92. The van der Waals surface area contributed by atoms with Crippen molar-refractivity contribution in [1.29, 1.82) is 0 Å². The lowest BCUT2D eigenvalue weighted by molar-refractivity contribution is 0.0410. The zero-order valence-corrected chi connectivity index (χ0v) is 21.6. The van der Waals surface area contributed by atoms with Gasteiger partial charge in [0.05, 0.1) is 24.4 Å². The van der Waals surface area contributed by atoms with Gasteiger partial charge in [0.15, 0.2) is 5.16 Å². The van der Waals surface area contributed by atoms with Crippen molar-refractivity contribution in [3.8, 4) is 0 Å². The Morgan fingerprint density at radius 1 is 1.17 bits per heavy atom. The SMILES string of the molecule is CC(=O)n1cc(CN2CCC[C@H](c3nc(SCCN4CCOCC4)ncc3C)C2)c2ccccc21. The van der Waals surface area contributed by atoms with E-state index in [-0.39, 0.29) is 5.91 Å². The minimum absolute atomic E-state index is 0.0548. The van der Waals surface area contributed by atoms with Crippen LogP contribution in [0.1, 0.15) is 47.3 Å². The third kappa shape index (κ3) is 5.77. The van der Waals surface area contributed by atoms with E-state index in [1.807, 2.05) is 24.5 Å². The van der Waals surface area contributed by atoms with Gasteiger partial charge in [-0.2, -0.15) is 0 Å². The first-order valence-corrected chi connectivity index (χ1v) is 13.7. The van der Waals surface area contributed by atoms with Crippen LogP contribution in [-0.2, 0) is 11.3 Å². The summed E-state index contributed by atoms with van der Waals surface area (Å²) in [6.45, 7) is 11.4. The highest BCUT2D eigenvalue weighted by Gasteiger charge is 2.25. The quantitative estimate of drug-likeness (QED) is 0.361. The van der Waals surface area contributed by atoms with E-state index >= 15 is 0 Å². The molecule has 1 atom stereocenters. The molecule has 0 bridgehead atoms. The molecule has 0 unspecified atom stereocenters. The van der Waals surface area contributed by atoms with Crippen LogP contribution in [0.15, 0.2) is 41.8 Å². The molecule has 0 aliphatic carbocycles. The summed E-state index contributed by atoms with van der Waals surface area (Å²) >= 11 is 1.76. The molecular formula is C27H35N5O2S. The van der Waals surface area contributed by atoms with Gasteiger partial charge >= 0.3 is 0 Å². The summed E-state index contributed by atoms with van der Waals surface area (Å²) in [5, 5.41) is 2.06. The van der Waals surface area contributed by atoms with Gasteiger partial charge in [0.25, 0.3) is 0 Å². The second-order valence-corrected chi connectivity index (χ2v) is 10.7. The van der Waals surface area contributed by atoms with Gasteiger partial charge in [0.1, 0.15) is 0 Å². The fourth-order valence-electron chi connectivity index (χ4n) is 5.31. The molecular weight excluding hydrogens is 458 g/mol. The van der Waals surface area contributed by atoms with Crippen LogP contribution < -0.4 is 0 Å². The summed E-state index contributed by atoms with van der Waals surface area (Å²) in [7, 11) is 0. The highest BCUT2D eigenvalue weighted by atomic mass is 32.2. The van der Waals surface area contributed by atoms with Crippen LogP contribution in [0.5, 0.6) is 0 Å². The van der Waals surface area contributed by atoms with Crippen molar-refractivity contribution in [3.05, 3.63) is 53.5 Å². The first-order chi connectivity index (χ1) is 17.1. The van der Waals surface area contributed by atoms with Crippen molar-refractivity contribution in [3.63, 3.8) is 0 Å². The predicted octanol–water partition coefficient (Wildman–Crippen LogP) is 4.20. The van der Waals surface area contributed by atoms with Crippen LogP contribution in [0.2, 0.25) is 0 Å². The monoisotopic (exact) mass is 493 g/mol. The molecule has 0 N–H and O–H groups in total. The Morgan fingerprint density at radius 3 is 2.83 bits per heavy atom. The van der Waals surface area contributed by atoms with E-state index in [9.17, 15) is 4.79 Å². The average molecular weight is 494 g/mol. The molecule has 186 valence electrons. The number of benzene rings is 1. The standard InChI is InChI=1S/C27H35N5O2S/c1-20-16-28-27(35-15-12-30-10-13-34-14-11-30)29-26(20)22-6-5-9-31(17-22)18-23-19-32(21(2)33)25-8-4-3-7-24(23)25/h3-4,7-8,16,19,22H,5-6,9-15,17-18H2,1-2H3/t22-/m0/s1. The molecule has 0 radical (unpaired) electrons. The van der Waals surface area contributed by atoms with Gasteiger partial charge in [-0.15, -0.1) is 0 Å². The van der Waals surface area contributed by atoms with Crippen LogP contribution in [0.4, 0.5) is 0 Å². The number of para-hydroxylation sites is 1. The number of carbonyl (C=O) groups is 1. The van der Waals surface area contributed by atoms with Crippen molar-refractivity contribution in [2.45, 2.75) is 44.3 Å². The van der Waals surface area contributed by atoms with Gasteiger partial charge in [0, 0.05) is 69.1 Å². The van der Waals surface area contributed by atoms with Crippen molar-refractivity contribution in [1.82, 2.24) is 24.3 Å². The molecule has 2 aromatic heterocycles. The Bertz CT molecular complexity index is 1170. The van der Waals surface area contributed by atoms with Crippen LogP contribution in [0, 0.1) is 6.92 Å². The van der Waals surface area contributed by atoms with Crippen molar-refractivity contribution in [2.24, 2.45) is 0 Å². The van der Waals surface area contributed by atoms with Gasteiger partial charge in [-0.1, -0.05) is 30.0 Å². The van der Waals surface area contributed by atoms with E-state index in [1.54, 1.807) is 23.3 Å². The first-order valence-electron chi connectivity index (χ1n) is 12.7. The number of thioether (sulfide) groups is 1. The maximum absolute atomic E-state index is 12.2. The molecule has 0 spiro atoms. The van der Waals surface area contributed by atoms with E-state index in [4.69, 9.17) is 9.72 Å². The van der Waals surface area contributed by atoms with Crippen LogP contribution in [0.3, 0.4) is 0 Å². The summed E-state index contributed by atoms with van der Waals surface area (Å²) in [6.07, 6.45) is 6.33. The number of carbonyl (C=O) groups excluding carboxylic acids is 1. The van der Waals surface area contributed by atoms with E-state index in [1.165, 1.54) is 22.2 Å². The Morgan fingerprint density at radius 2 is 2.00 bits per heavy atom. The highest BCUT2D eigenvalue weighted by molar-refractivity contribution is 7.99. The Balaban J connectivity index is 1.25. The molecule has 5 rings (SSSR count). The minimum Gasteiger partial charge on any atom is -0.379 e. The van der Waals surface area contributed by atoms with Crippen LogP contribution >= 0.6 is 11.8 Å². The van der Waals surface area contributed by atoms with Crippen molar-refractivity contribution in [2.75, 3.05) is 51.7 Å². The number of hydrogen-bond donors (Lipinski definition) is 0. The summed E-state index contributed by atoms with van der Waals surface area (Å²) in [5.41, 5.74) is 4.59. The maximum atomic E-state index is 12.2. The number of nitrogens with zero attached hydrogens (tertiary/aromatic N) is 5. The Hall–Kier alpha value is -2.26. The number of piperidine rings is 1. The average Bonchev–Trinajstić information content (AvgIpc) is 3.25. The van der Waals surface area contributed by atoms with Gasteiger partial charge in [-0.3, -0.25) is 19.2 Å². The van der Waals surface area contributed by atoms with Gasteiger partial charge < -0.3 is 4.74 Å². The third-order valence-electron chi connectivity index (χ3n) is 7.15. The molecule has 0 amide bonds. The van der Waals surface area contributed by atoms with E-state index in [0.717, 1.165) is 81.7 Å². The number of aryl methyl sites for hydroxylation is 1. The minimum atomic E-state index is 0.0548. The summed E-state index contributed by atoms with van der Waals surface area (Å²) < 4.78 is 7.22. The number of hydrogen-bond acceptors (Lipinski definition) is 7. The largest absolute Gasteiger partial charge is 0.379 e. The summed E-state index contributed by atoms with van der Waals surface area (Å²) in [6, 6.07) is 8.21. The second-order valence-electron chi connectivity index (χ2n) is 9.66. The first kappa shape index (κ1) is 24.4. The number of ether oxygens (including phenoxy) is 1. The van der Waals surface area contributed by atoms with E-state index in [2.05, 4.69) is 33.8 Å². The Kier molecular flexibility index (Phi) is 7.82. The number of aromatic nitrogens is 3. The molecule has 2 aliphatic heterocycles. The fraction of sp³-hybridized carbons (Fsp3) is 0.519. The smallest absolute Gasteiger partial charge is 0.227 e. The fourth-order valence-corrected chi connectivity index (χ4v) is 6.13. The van der Waals surface area contributed by atoms with Crippen molar-refractivity contribution >= 4 is 28.6 Å². The molecule has 7 nitrogen and oxygen atoms in total. The number of fused-ring (bicyclic) bond motifs is 1. The maximum Gasteiger partial charge on any atom is 0.227 e. The predicted molar refractivity (Wildman–Crippen MR) is 140 cm³/mol. The zero-order chi connectivity index (χ0) is 24.2. The molecule has 3 aromatic rings. The lowest BCUT2D eigenvalue weighted by Crippen LogP contribution is -2.37. The van der Waals surface area contributed by atoms with Crippen LogP contribution in [-0.4, -0.2) is 81.9 Å². The normalized spacial score (nSPS) is 19.9. The molecule has 0 saturated carbocycles. The van der Waals surface area contributed by atoms with Crippen LogP contribution in [0.25, 0.3) is 10.9 Å². The summed E-state index contributed by atoms with van der Waals surface area (Å²) in [4.78, 5) is 26.8. The molecule has 8 heteroatoms. The van der Waals surface area contributed by atoms with E-state index in [0.29, 0.717) is 5.92 Å². The van der Waals surface area contributed by atoms with Gasteiger partial charge in [0.2, 0.25) is 5.91 Å². The molecule has 2 saturated heterocycles. The molecule has 35 heavy (non-hydrogen) atoms. The number of morpholine rings is 1. The second kappa shape index (κ2) is 11.2. The highest BCUT2D eigenvalue weighted by Crippen LogP contribution is 2.31.